The van der Waals surface area contributed by atoms with Crippen LogP contribution in [0.2, 0.25) is 0 Å². The first-order chi connectivity index (χ1) is 9.74. The zero-order valence-corrected chi connectivity index (χ0v) is 12.8. The van der Waals surface area contributed by atoms with Gasteiger partial charge in [0.2, 0.25) is 5.13 Å². The number of aromatic nitrogens is 2. The summed E-state index contributed by atoms with van der Waals surface area (Å²) in [5.41, 5.74) is 1.09. The van der Waals surface area contributed by atoms with Gasteiger partial charge in [-0.3, -0.25) is 0 Å². The van der Waals surface area contributed by atoms with Gasteiger partial charge >= 0.3 is 0 Å². The van der Waals surface area contributed by atoms with Crippen molar-refractivity contribution in [2.45, 2.75) is 18.9 Å². The summed E-state index contributed by atoms with van der Waals surface area (Å²) in [5.74, 6) is 0.835. The molecule has 20 heavy (non-hydrogen) atoms. The number of nitrogens with zero attached hydrogens (tertiary/aromatic N) is 4. The second-order valence-electron chi connectivity index (χ2n) is 5.44. The summed E-state index contributed by atoms with van der Waals surface area (Å²) in [6.45, 7) is 2.31. The zero-order valence-electron chi connectivity index (χ0n) is 12.0. The smallest absolute Gasteiger partial charge is 0.205 e. The first kappa shape index (κ1) is 13.5. The number of anilines is 1. The summed E-state index contributed by atoms with van der Waals surface area (Å²) < 4.78 is 4.50. The molecule has 0 aliphatic carbocycles. The molecule has 1 unspecified atom stereocenters. The van der Waals surface area contributed by atoms with Gasteiger partial charge in [0, 0.05) is 36.7 Å². The molecule has 1 fully saturated rings. The van der Waals surface area contributed by atoms with Crippen molar-refractivity contribution in [2.24, 2.45) is 0 Å². The van der Waals surface area contributed by atoms with Gasteiger partial charge in [0.05, 0.1) is 0 Å². The van der Waals surface area contributed by atoms with E-state index in [0.717, 1.165) is 23.1 Å². The third-order valence-electron chi connectivity index (χ3n) is 3.90. The molecular weight excluding hydrogens is 268 g/mol. The molecule has 1 saturated heterocycles. The van der Waals surface area contributed by atoms with Crippen LogP contribution in [0.1, 0.15) is 12.8 Å². The highest BCUT2D eigenvalue weighted by atomic mass is 32.1. The van der Waals surface area contributed by atoms with E-state index < -0.39 is 0 Å². The number of benzene rings is 1. The van der Waals surface area contributed by atoms with Crippen LogP contribution in [-0.4, -0.2) is 47.5 Å². The van der Waals surface area contributed by atoms with Gasteiger partial charge in [0.25, 0.3) is 0 Å². The quantitative estimate of drug-likeness (QED) is 0.869. The lowest BCUT2D eigenvalue weighted by atomic mass is 10.1. The standard InChI is InChI=1S/C15H20N4S/c1-18-10-6-9-13(11-18)19(2)15-16-14(17-20-15)12-7-4-3-5-8-12/h3-5,7-8,13H,6,9-11H2,1-2H3. The minimum atomic E-state index is 0.547. The van der Waals surface area contributed by atoms with Gasteiger partial charge in [0.15, 0.2) is 5.82 Å². The van der Waals surface area contributed by atoms with Gasteiger partial charge in [-0.2, -0.15) is 9.36 Å². The predicted octanol–water partition coefficient (Wildman–Crippen LogP) is 2.74. The summed E-state index contributed by atoms with van der Waals surface area (Å²) in [7, 11) is 4.33. The highest BCUT2D eigenvalue weighted by molar-refractivity contribution is 7.09. The van der Waals surface area contributed by atoms with Crippen LogP contribution >= 0.6 is 11.5 Å². The third kappa shape index (κ3) is 2.83. The molecule has 2 aromatic rings. The summed E-state index contributed by atoms with van der Waals surface area (Å²) in [5, 5.41) is 1.02. The number of rotatable bonds is 3. The monoisotopic (exact) mass is 288 g/mol. The fourth-order valence-electron chi connectivity index (χ4n) is 2.67. The highest BCUT2D eigenvalue weighted by Gasteiger charge is 2.23. The van der Waals surface area contributed by atoms with Crippen LogP contribution in [0.4, 0.5) is 5.13 Å². The molecule has 1 aromatic carbocycles. The van der Waals surface area contributed by atoms with Crippen LogP contribution < -0.4 is 4.90 Å². The normalized spacial score (nSPS) is 20.0. The van der Waals surface area contributed by atoms with Gasteiger partial charge in [-0.25, -0.2) is 0 Å². The van der Waals surface area contributed by atoms with Crippen molar-refractivity contribution in [3.63, 3.8) is 0 Å². The zero-order chi connectivity index (χ0) is 13.9. The SMILES string of the molecule is CN1CCCC(N(C)c2nc(-c3ccccc3)ns2)C1. The Kier molecular flexibility index (Phi) is 3.98. The molecular formula is C15H20N4S. The molecule has 1 aliphatic heterocycles. The van der Waals surface area contributed by atoms with Crippen LogP contribution in [0, 0.1) is 0 Å². The fourth-order valence-corrected chi connectivity index (χ4v) is 3.39. The van der Waals surface area contributed by atoms with E-state index in [9.17, 15) is 0 Å². The second-order valence-corrected chi connectivity index (χ2v) is 6.17. The van der Waals surface area contributed by atoms with Crippen LogP contribution in [-0.2, 0) is 0 Å². The van der Waals surface area contributed by atoms with Crippen molar-refractivity contribution in [1.82, 2.24) is 14.3 Å². The molecule has 4 nitrogen and oxygen atoms in total. The van der Waals surface area contributed by atoms with Gasteiger partial charge in [0.1, 0.15) is 0 Å². The number of likely N-dealkylation sites (tertiary alicyclic amines) is 1. The van der Waals surface area contributed by atoms with E-state index in [-0.39, 0.29) is 0 Å². The van der Waals surface area contributed by atoms with E-state index in [1.54, 1.807) is 0 Å². The maximum atomic E-state index is 4.70. The maximum absolute atomic E-state index is 4.70. The fraction of sp³-hybridized carbons (Fsp3) is 0.467. The van der Waals surface area contributed by atoms with Gasteiger partial charge in [-0.05, 0) is 26.4 Å². The first-order valence-electron chi connectivity index (χ1n) is 7.04. The summed E-state index contributed by atoms with van der Waals surface area (Å²) in [6.07, 6.45) is 2.50. The maximum Gasteiger partial charge on any atom is 0.205 e. The summed E-state index contributed by atoms with van der Waals surface area (Å²) in [6, 6.07) is 10.7. The number of piperidine rings is 1. The minimum absolute atomic E-state index is 0.547. The third-order valence-corrected chi connectivity index (χ3v) is 4.70. The van der Waals surface area contributed by atoms with Gasteiger partial charge in [-0.1, -0.05) is 30.3 Å². The van der Waals surface area contributed by atoms with Crippen molar-refractivity contribution in [2.75, 3.05) is 32.1 Å². The van der Waals surface area contributed by atoms with Crippen LogP contribution in [0.5, 0.6) is 0 Å². The van der Waals surface area contributed by atoms with Crippen molar-refractivity contribution in [1.29, 1.82) is 0 Å². The Labute approximate surface area is 124 Å². The van der Waals surface area contributed by atoms with Crippen LogP contribution in [0.15, 0.2) is 30.3 Å². The topological polar surface area (TPSA) is 32.3 Å². The van der Waals surface area contributed by atoms with Crippen LogP contribution in [0.25, 0.3) is 11.4 Å². The molecule has 0 saturated carbocycles. The van der Waals surface area contributed by atoms with E-state index in [2.05, 4.69) is 40.4 Å². The Morgan fingerprint density at radius 1 is 1.30 bits per heavy atom. The number of hydrogen-bond donors (Lipinski definition) is 0. The van der Waals surface area contributed by atoms with Crippen LogP contribution in [0.3, 0.4) is 0 Å². The Balaban J connectivity index is 1.76. The van der Waals surface area contributed by atoms with E-state index >= 15 is 0 Å². The Morgan fingerprint density at radius 2 is 2.10 bits per heavy atom. The van der Waals surface area contributed by atoms with E-state index in [0.29, 0.717) is 6.04 Å². The Bertz CT molecular complexity index is 554. The Hall–Kier alpha value is -1.46. The first-order valence-corrected chi connectivity index (χ1v) is 7.82. The molecule has 0 radical (unpaired) electrons. The van der Waals surface area contributed by atoms with E-state index in [1.165, 1.54) is 30.9 Å². The molecule has 5 heteroatoms. The number of likely N-dealkylation sites (N-methyl/N-ethyl adjacent to an activating group) is 2. The van der Waals surface area contributed by atoms with Crippen molar-refractivity contribution >= 4 is 16.7 Å². The number of hydrogen-bond acceptors (Lipinski definition) is 5. The second kappa shape index (κ2) is 5.89. The Morgan fingerprint density at radius 3 is 2.85 bits per heavy atom. The van der Waals surface area contributed by atoms with Gasteiger partial charge in [-0.15, -0.1) is 0 Å². The summed E-state index contributed by atoms with van der Waals surface area (Å²) >= 11 is 1.49. The highest BCUT2D eigenvalue weighted by Crippen LogP contribution is 2.26. The van der Waals surface area contributed by atoms with Gasteiger partial charge < -0.3 is 9.80 Å². The van der Waals surface area contributed by atoms with E-state index in [4.69, 9.17) is 4.98 Å². The molecule has 106 valence electrons. The van der Waals surface area contributed by atoms with E-state index in [1.807, 2.05) is 18.2 Å². The molecule has 0 amide bonds. The lowest BCUT2D eigenvalue weighted by Crippen LogP contribution is -2.45. The molecule has 0 N–H and O–H groups in total. The lowest BCUT2D eigenvalue weighted by molar-refractivity contribution is 0.248. The largest absolute Gasteiger partial charge is 0.346 e. The molecule has 1 aromatic heterocycles. The van der Waals surface area contributed by atoms with Crippen molar-refractivity contribution in [3.8, 4) is 11.4 Å². The minimum Gasteiger partial charge on any atom is -0.346 e. The molecule has 1 atom stereocenters. The molecule has 0 bridgehead atoms. The van der Waals surface area contributed by atoms with Crippen molar-refractivity contribution < 1.29 is 0 Å². The molecule has 2 heterocycles. The molecule has 3 rings (SSSR count). The summed E-state index contributed by atoms with van der Waals surface area (Å²) in [4.78, 5) is 9.38. The average Bonchev–Trinajstić information content (AvgIpc) is 2.97. The lowest BCUT2D eigenvalue weighted by Gasteiger charge is -2.35. The average molecular weight is 288 g/mol. The van der Waals surface area contributed by atoms with Crippen molar-refractivity contribution in [3.05, 3.63) is 30.3 Å². The molecule has 0 spiro atoms. The molecule has 1 aliphatic rings. The predicted molar refractivity (Wildman–Crippen MR) is 84.3 cm³/mol.